The third kappa shape index (κ3) is 281. The molecule has 0 fully saturated rings. The van der Waals surface area contributed by atoms with Crippen LogP contribution in [0.3, 0.4) is 0 Å². The second kappa shape index (κ2) is 16.4. The van der Waals surface area contributed by atoms with Crippen molar-refractivity contribution in [2.75, 3.05) is 0 Å². The Morgan fingerprint density at radius 3 is 0.786 bits per heavy atom. The second-order valence-electron chi connectivity index (χ2n) is 0.986. The summed E-state index contributed by atoms with van der Waals surface area (Å²) in [4.78, 5) is 35.5. The molecule has 5 N–H and O–H groups in total. The SMILES string of the molecule is O=P(O)(O)F.O=P(O)(O)O.[NaH].[NaH].[V].[V]. The molecule has 0 aromatic carbocycles. The Hall–Kier alpha value is 3.36. The van der Waals surface area contributed by atoms with Gasteiger partial charge in [0.2, 0.25) is 0 Å². The Kier molecular flexibility index (Phi) is 42.1. The van der Waals surface area contributed by atoms with Crippen molar-refractivity contribution in [1.82, 2.24) is 0 Å². The van der Waals surface area contributed by atoms with Gasteiger partial charge in [0.25, 0.3) is 0 Å². The second-order valence-corrected chi connectivity index (χ2v) is 2.96. The van der Waals surface area contributed by atoms with Crippen molar-refractivity contribution < 1.29 is 74.9 Å². The van der Waals surface area contributed by atoms with Crippen LogP contribution in [0.5, 0.6) is 0 Å². The van der Waals surface area contributed by atoms with Gasteiger partial charge in [-0.2, -0.15) is 0 Å². The number of halogens is 1. The van der Waals surface area contributed by atoms with Gasteiger partial charge in [-0.25, -0.2) is 9.13 Å². The summed E-state index contributed by atoms with van der Waals surface area (Å²) in [7, 11) is -9.78. The van der Waals surface area contributed by atoms with E-state index in [4.69, 9.17) is 33.6 Å². The minimum absolute atomic E-state index is 0. The molecule has 0 aliphatic carbocycles. The monoisotopic (exact) mass is 348 g/mol. The van der Waals surface area contributed by atoms with E-state index < -0.39 is 15.7 Å². The zero-order valence-electron chi connectivity index (χ0n) is 5.22. The molecule has 78 valence electrons. The molecule has 0 aliphatic rings. The van der Waals surface area contributed by atoms with E-state index in [1.165, 1.54) is 0 Å². The zero-order valence-corrected chi connectivity index (χ0v) is 9.80. The predicted molar refractivity (Wildman–Crippen MR) is 41.7 cm³/mol. The molecule has 0 atom stereocenters. The van der Waals surface area contributed by atoms with Gasteiger partial charge in [-0.1, -0.05) is 0 Å². The Morgan fingerprint density at radius 2 is 0.786 bits per heavy atom. The zero-order chi connectivity index (χ0) is 9.00. The molecule has 0 saturated heterocycles. The average molecular weight is 348 g/mol. The van der Waals surface area contributed by atoms with Crippen LogP contribution in [-0.4, -0.2) is 83.6 Å². The largest absolute Gasteiger partial charge is 0 e. The first-order valence-electron chi connectivity index (χ1n) is 1.53. The summed E-state index contributed by atoms with van der Waals surface area (Å²) >= 11 is 0. The van der Waals surface area contributed by atoms with E-state index in [2.05, 4.69) is 0 Å². The fourth-order valence-electron chi connectivity index (χ4n) is 0. The first kappa shape index (κ1) is 36.0. The molecule has 0 bridgehead atoms. The smallest absolute Gasteiger partial charge is 0 e. The van der Waals surface area contributed by atoms with E-state index in [1.807, 2.05) is 0 Å². The van der Waals surface area contributed by atoms with E-state index in [-0.39, 0.29) is 96.2 Å². The van der Waals surface area contributed by atoms with Crippen molar-refractivity contribution in [3.05, 3.63) is 0 Å². The van der Waals surface area contributed by atoms with E-state index in [0.717, 1.165) is 0 Å². The van der Waals surface area contributed by atoms with Gasteiger partial charge in [-0.3, -0.25) is 9.79 Å². The summed E-state index contributed by atoms with van der Waals surface area (Å²) in [6.07, 6.45) is 0. The Balaban J connectivity index is -0.0000000178. The molecular formula is H7FNa2O7P2V2. The van der Waals surface area contributed by atoms with Crippen LogP contribution >= 0.6 is 15.7 Å². The first-order chi connectivity index (χ1) is 4.00. The molecule has 14 heavy (non-hydrogen) atoms. The van der Waals surface area contributed by atoms with Crippen molar-refractivity contribution in [2.24, 2.45) is 0 Å². The van der Waals surface area contributed by atoms with Crippen molar-refractivity contribution in [3.63, 3.8) is 0 Å². The summed E-state index contributed by atoms with van der Waals surface area (Å²) in [5.41, 5.74) is 0. The average Bonchev–Trinajstić information content (AvgIpc) is 1.12. The van der Waals surface area contributed by atoms with E-state index in [0.29, 0.717) is 0 Å². The van der Waals surface area contributed by atoms with Gasteiger partial charge >= 0.3 is 74.8 Å². The maximum Gasteiger partial charge on any atom is 0 e. The van der Waals surface area contributed by atoms with Crippen molar-refractivity contribution >= 4 is 74.8 Å². The van der Waals surface area contributed by atoms with Gasteiger partial charge in [0.1, 0.15) is 0 Å². The molecule has 0 saturated carbocycles. The fraction of sp³-hybridized carbons (Fsp3) is 0. The van der Waals surface area contributed by atoms with Crippen molar-refractivity contribution in [2.45, 2.75) is 0 Å². The summed E-state index contributed by atoms with van der Waals surface area (Å²) in [5, 5.41) is 0. The molecule has 0 rings (SSSR count). The third-order valence-electron chi connectivity index (χ3n) is 0. The van der Waals surface area contributed by atoms with Crippen LogP contribution < -0.4 is 0 Å². The minimum Gasteiger partial charge on any atom is 0 e. The van der Waals surface area contributed by atoms with Gasteiger partial charge in [0, 0.05) is 37.1 Å². The fourth-order valence-corrected chi connectivity index (χ4v) is 0. The quantitative estimate of drug-likeness (QED) is 0.248. The van der Waals surface area contributed by atoms with Crippen LogP contribution in [0, 0.1) is 0 Å². The van der Waals surface area contributed by atoms with Crippen LogP contribution in [0.4, 0.5) is 4.20 Å². The Bertz CT molecular complexity index is 140. The van der Waals surface area contributed by atoms with Crippen LogP contribution in [0.1, 0.15) is 0 Å². The molecule has 0 heterocycles. The number of hydrogen-bond acceptors (Lipinski definition) is 2. The molecule has 0 unspecified atom stereocenters. The van der Waals surface area contributed by atoms with Crippen LogP contribution in [-0.2, 0) is 46.2 Å². The van der Waals surface area contributed by atoms with Gasteiger partial charge in [-0.15, -0.1) is 4.20 Å². The van der Waals surface area contributed by atoms with Gasteiger partial charge < -0.3 is 14.7 Å². The summed E-state index contributed by atoms with van der Waals surface area (Å²) in [6.45, 7) is 0. The van der Waals surface area contributed by atoms with E-state index in [9.17, 15) is 4.20 Å². The summed E-state index contributed by atoms with van der Waals surface area (Å²) in [6, 6.07) is 0. The third-order valence-corrected chi connectivity index (χ3v) is 0. The van der Waals surface area contributed by atoms with Gasteiger partial charge in [0.05, 0.1) is 0 Å². The molecular weight excluding hydrogens is 341 g/mol. The van der Waals surface area contributed by atoms with E-state index in [1.54, 1.807) is 0 Å². The molecule has 7 nitrogen and oxygen atoms in total. The molecule has 0 spiro atoms. The maximum atomic E-state index is 10.4. The molecule has 0 aromatic heterocycles. The molecule has 0 amide bonds. The minimum atomic E-state index is -5.14. The summed E-state index contributed by atoms with van der Waals surface area (Å²) in [5.74, 6) is 0. The Morgan fingerprint density at radius 1 is 0.786 bits per heavy atom. The summed E-state index contributed by atoms with van der Waals surface area (Å²) < 4.78 is 27.9. The van der Waals surface area contributed by atoms with Crippen molar-refractivity contribution in [3.8, 4) is 0 Å². The molecule has 2 radical (unpaired) electrons. The standard InChI is InChI=1S/FH2O3P.2Na.H3O4P.2V.2H/c1-5(2,3)4;;;1-5(2,3)4;;;;/h(H2,2,3,4);;;(H3,1,2,3,4);;;;. The predicted octanol–water partition coefficient (Wildman–Crippen LogP) is -2.18. The van der Waals surface area contributed by atoms with Gasteiger partial charge in [-0.05, 0) is 0 Å². The maximum absolute atomic E-state index is 10.4. The van der Waals surface area contributed by atoms with Crippen LogP contribution in [0.25, 0.3) is 0 Å². The van der Waals surface area contributed by atoms with E-state index >= 15 is 0 Å². The number of hydrogen-bond donors (Lipinski definition) is 5. The molecule has 0 aromatic rings. The topological polar surface area (TPSA) is 135 Å². The van der Waals surface area contributed by atoms with Crippen LogP contribution in [0.2, 0.25) is 0 Å². The van der Waals surface area contributed by atoms with Crippen molar-refractivity contribution in [1.29, 1.82) is 0 Å². The molecule has 0 aliphatic heterocycles. The number of rotatable bonds is 0. The first-order valence-corrected chi connectivity index (χ1v) is 4.60. The number of phosphoric acid groups is 1. The molecule has 14 heteroatoms. The normalized spacial score (nSPS) is 8.43. The van der Waals surface area contributed by atoms with Crippen LogP contribution in [0.15, 0.2) is 0 Å². The Labute approximate surface area is 147 Å². The van der Waals surface area contributed by atoms with Gasteiger partial charge in [0.15, 0.2) is 0 Å².